The Labute approximate surface area is 101 Å². The number of alkyl halides is 3. The molecule has 1 aromatic carbocycles. The maximum Gasteiger partial charge on any atom is 0.416 e. The van der Waals surface area contributed by atoms with Crippen molar-refractivity contribution in [3.63, 3.8) is 0 Å². The summed E-state index contributed by atoms with van der Waals surface area (Å²) in [6.45, 7) is 1.28. The molecule has 1 N–H and O–H groups in total. The maximum atomic E-state index is 12.4. The average molecular weight is 282 g/mol. The van der Waals surface area contributed by atoms with Crippen LogP contribution in [0, 0.1) is 0 Å². The molecule has 1 rings (SSSR count). The fraction of sp³-hybridized carbons (Fsp3) is 0.300. The van der Waals surface area contributed by atoms with Crippen molar-refractivity contribution in [2.75, 3.05) is 5.75 Å². The third-order valence-corrected chi connectivity index (χ3v) is 4.04. The lowest BCUT2D eigenvalue weighted by atomic mass is 10.1. The smallest absolute Gasteiger partial charge is 0.416 e. The summed E-state index contributed by atoms with van der Waals surface area (Å²) in [6.07, 6.45) is -4.72. The third-order valence-electron chi connectivity index (χ3n) is 2.25. The van der Waals surface area contributed by atoms with Crippen molar-refractivity contribution >= 4 is 15.8 Å². The van der Waals surface area contributed by atoms with Crippen LogP contribution in [0.25, 0.3) is 0 Å². The largest absolute Gasteiger partial charge is 0.478 e. The van der Waals surface area contributed by atoms with Gasteiger partial charge in [0.05, 0.1) is 21.8 Å². The van der Waals surface area contributed by atoms with Gasteiger partial charge in [0.15, 0.2) is 9.84 Å². The van der Waals surface area contributed by atoms with Crippen molar-refractivity contribution in [3.05, 3.63) is 29.3 Å². The molecule has 0 unspecified atom stereocenters. The average Bonchev–Trinajstić information content (AvgIpc) is 2.27. The molecule has 0 saturated heterocycles. The summed E-state index contributed by atoms with van der Waals surface area (Å²) in [5.74, 6) is -2.10. The zero-order chi connectivity index (χ0) is 14.1. The molecule has 0 heterocycles. The number of benzene rings is 1. The molecule has 0 aromatic heterocycles. The first-order valence-electron chi connectivity index (χ1n) is 4.77. The van der Waals surface area contributed by atoms with Crippen molar-refractivity contribution in [1.82, 2.24) is 0 Å². The van der Waals surface area contributed by atoms with Crippen LogP contribution in [-0.2, 0) is 16.0 Å². The second-order valence-electron chi connectivity index (χ2n) is 3.42. The molecule has 18 heavy (non-hydrogen) atoms. The number of halogens is 3. The normalized spacial score (nSPS) is 12.4. The fourth-order valence-corrected chi connectivity index (χ4v) is 2.37. The topological polar surface area (TPSA) is 71.4 Å². The minimum absolute atomic E-state index is 0.324. The van der Waals surface area contributed by atoms with Crippen LogP contribution in [0.2, 0.25) is 0 Å². The molecule has 1 aromatic rings. The molecule has 0 aliphatic rings. The van der Waals surface area contributed by atoms with Crippen molar-refractivity contribution < 1.29 is 31.5 Å². The second-order valence-corrected chi connectivity index (χ2v) is 5.66. The number of sulfone groups is 1. The zero-order valence-electron chi connectivity index (χ0n) is 9.15. The summed E-state index contributed by atoms with van der Waals surface area (Å²) in [7, 11) is -3.88. The van der Waals surface area contributed by atoms with Crippen LogP contribution in [0.1, 0.15) is 22.8 Å². The summed E-state index contributed by atoms with van der Waals surface area (Å²) in [5, 5.41) is 8.78. The number of hydrogen-bond donors (Lipinski definition) is 1. The Kier molecular flexibility index (Phi) is 3.70. The number of rotatable bonds is 3. The predicted molar refractivity (Wildman–Crippen MR) is 56.1 cm³/mol. The van der Waals surface area contributed by atoms with Crippen LogP contribution < -0.4 is 0 Å². The minimum Gasteiger partial charge on any atom is -0.478 e. The summed E-state index contributed by atoms with van der Waals surface area (Å²) in [5.41, 5.74) is -2.07. The van der Waals surface area contributed by atoms with E-state index >= 15 is 0 Å². The molecule has 0 bridgehead atoms. The number of carbonyl (C=O) groups is 1. The van der Waals surface area contributed by atoms with Gasteiger partial charge in [0, 0.05) is 0 Å². The molecule has 100 valence electrons. The molecule has 0 fully saturated rings. The Morgan fingerprint density at radius 2 is 1.89 bits per heavy atom. The molecule has 0 aliphatic carbocycles. The van der Waals surface area contributed by atoms with Gasteiger partial charge in [-0.3, -0.25) is 0 Å². The van der Waals surface area contributed by atoms with E-state index in [-0.39, 0.29) is 0 Å². The molecule has 0 amide bonds. The number of carboxylic acids is 1. The first kappa shape index (κ1) is 14.5. The van der Waals surface area contributed by atoms with E-state index in [1.807, 2.05) is 0 Å². The van der Waals surface area contributed by atoms with Crippen LogP contribution in [0.4, 0.5) is 13.2 Å². The Morgan fingerprint density at radius 1 is 1.33 bits per heavy atom. The monoisotopic (exact) mass is 282 g/mol. The number of hydrogen-bond acceptors (Lipinski definition) is 3. The van der Waals surface area contributed by atoms with Gasteiger partial charge >= 0.3 is 12.1 Å². The molecule has 4 nitrogen and oxygen atoms in total. The van der Waals surface area contributed by atoms with Crippen LogP contribution in [0.15, 0.2) is 23.1 Å². The van der Waals surface area contributed by atoms with Crippen molar-refractivity contribution in [2.24, 2.45) is 0 Å². The van der Waals surface area contributed by atoms with Gasteiger partial charge in [-0.25, -0.2) is 13.2 Å². The molecule has 0 saturated carbocycles. The Balaban J connectivity index is 3.54. The van der Waals surface area contributed by atoms with E-state index < -0.39 is 43.8 Å². The highest BCUT2D eigenvalue weighted by Gasteiger charge is 2.33. The van der Waals surface area contributed by atoms with Gasteiger partial charge in [-0.15, -0.1) is 0 Å². The van der Waals surface area contributed by atoms with E-state index in [0.717, 1.165) is 0 Å². The molecular formula is C10H9F3O4S. The lowest BCUT2D eigenvalue weighted by Crippen LogP contribution is -2.14. The minimum atomic E-state index is -4.72. The van der Waals surface area contributed by atoms with E-state index in [0.29, 0.717) is 18.2 Å². The van der Waals surface area contributed by atoms with E-state index in [1.54, 1.807) is 0 Å². The molecule has 8 heteroatoms. The highest BCUT2D eigenvalue weighted by atomic mass is 32.2. The third kappa shape index (κ3) is 2.81. The lowest BCUT2D eigenvalue weighted by molar-refractivity contribution is -0.137. The van der Waals surface area contributed by atoms with Gasteiger partial charge in [-0.2, -0.15) is 13.2 Å². The van der Waals surface area contributed by atoms with Crippen LogP contribution in [0.3, 0.4) is 0 Å². The van der Waals surface area contributed by atoms with Gasteiger partial charge in [-0.1, -0.05) is 6.92 Å². The number of carboxylic acid groups (broad SMARTS) is 1. The van der Waals surface area contributed by atoms with Crippen molar-refractivity contribution in [2.45, 2.75) is 18.0 Å². The summed E-state index contributed by atoms with van der Waals surface area (Å²) in [4.78, 5) is 10.2. The van der Waals surface area contributed by atoms with Crippen molar-refractivity contribution in [3.8, 4) is 0 Å². The Hall–Kier alpha value is -1.57. The van der Waals surface area contributed by atoms with Gasteiger partial charge in [0.2, 0.25) is 0 Å². The van der Waals surface area contributed by atoms with Gasteiger partial charge < -0.3 is 5.11 Å². The Bertz CT molecular complexity index is 575. The molecule has 0 radical (unpaired) electrons. The molecule has 0 aliphatic heterocycles. The number of aromatic carboxylic acids is 1. The molecular weight excluding hydrogens is 273 g/mol. The summed E-state index contributed by atoms with van der Waals surface area (Å²) < 4.78 is 60.3. The van der Waals surface area contributed by atoms with E-state index in [1.165, 1.54) is 6.92 Å². The first-order valence-corrected chi connectivity index (χ1v) is 6.42. The zero-order valence-corrected chi connectivity index (χ0v) is 9.97. The molecule has 0 atom stereocenters. The van der Waals surface area contributed by atoms with Crippen LogP contribution >= 0.6 is 0 Å². The van der Waals surface area contributed by atoms with E-state index in [9.17, 15) is 26.4 Å². The lowest BCUT2D eigenvalue weighted by Gasteiger charge is -2.10. The van der Waals surface area contributed by atoms with E-state index in [2.05, 4.69) is 0 Å². The quantitative estimate of drug-likeness (QED) is 0.922. The predicted octanol–water partition coefficient (Wildman–Crippen LogP) is 2.20. The fourth-order valence-electron chi connectivity index (χ4n) is 1.30. The molecule has 0 spiro atoms. The van der Waals surface area contributed by atoms with Crippen molar-refractivity contribution in [1.29, 1.82) is 0 Å². The van der Waals surface area contributed by atoms with Gasteiger partial charge in [0.1, 0.15) is 0 Å². The van der Waals surface area contributed by atoms with E-state index in [4.69, 9.17) is 5.11 Å². The standard InChI is InChI=1S/C10H9F3O4S/c1-2-18(16,17)8-4-3-6(10(11,12)13)5-7(8)9(14)15/h3-5H,2H2,1H3,(H,14,15). The summed E-state index contributed by atoms with van der Waals surface area (Å²) in [6, 6.07) is 1.55. The first-order chi connectivity index (χ1) is 8.09. The van der Waals surface area contributed by atoms with Gasteiger partial charge in [-0.05, 0) is 18.2 Å². The van der Waals surface area contributed by atoms with Crippen LogP contribution in [-0.4, -0.2) is 25.2 Å². The summed E-state index contributed by atoms with van der Waals surface area (Å²) >= 11 is 0. The Morgan fingerprint density at radius 3 is 2.28 bits per heavy atom. The maximum absolute atomic E-state index is 12.4. The SMILES string of the molecule is CCS(=O)(=O)c1ccc(C(F)(F)F)cc1C(=O)O. The highest BCUT2D eigenvalue weighted by Crippen LogP contribution is 2.31. The second kappa shape index (κ2) is 4.60. The van der Waals surface area contributed by atoms with Gasteiger partial charge in [0.25, 0.3) is 0 Å². The highest BCUT2D eigenvalue weighted by molar-refractivity contribution is 7.91. The van der Waals surface area contributed by atoms with Crippen LogP contribution in [0.5, 0.6) is 0 Å².